The predicted molar refractivity (Wildman–Crippen MR) is 94.0 cm³/mol. The summed E-state index contributed by atoms with van der Waals surface area (Å²) in [5.74, 6) is 0.588. The molecule has 2 aromatic carbocycles. The highest BCUT2D eigenvalue weighted by Crippen LogP contribution is 2.31. The maximum absolute atomic E-state index is 12.8. The summed E-state index contributed by atoms with van der Waals surface area (Å²) >= 11 is 0. The number of ether oxygens (including phenoxy) is 2. The van der Waals surface area contributed by atoms with Gasteiger partial charge in [-0.15, -0.1) is 0 Å². The van der Waals surface area contributed by atoms with Gasteiger partial charge in [0.25, 0.3) is 5.91 Å². The summed E-state index contributed by atoms with van der Waals surface area (Å²) < 4.78 is 11.2. The monoisotopic (exact) mass is 340 g/mol. The second kappa shape index (κ2) is 7.25. The first-order valence-electron chi connectivity index (χ1n) is 8.11. The number of hydrogen-bond donors (Lipinski definition) is 1. The van der Waals surface area contributed by atoms with Crippen LogP contribution in [0.4, 0.5) is 5.69 Å². The van der Waals surface area contributed by atoms with Crippen molar-refractivity contribution >= 4 is 17.5 Å². The lowest BCUT2D eigenvalue weighted by molar-refractivity contribution is -0.127. The molecular formula is C19H20N2O4. The molecule has 1 saturated heterocycles. The summed E-state index contributed by atoms with van der Waals surface area (Å²) in [6.07, 6.45) is 0.897. The van der Waals surface area contributed by atoms with Crippen molar-refractivity contribution in [2.24, 2.45) is 5.73 Å². The van der Waals surface area contributed by atoms with Gasteiger partial charge < -0.3 is 20.1 Å². The summed E-state index contributed by atoms with van der Waals surface area (Å²) in [5, 5.41) is 0. The number of carbonyl (C=O) groups excluding carboxylic acids is 2. The molecule has 130 valence electrons. The molecule has 1 atom stereocenters. The molecule has 1 heterocycles. The molecule has 6 nitrogen and oxygen atoms in total. The van der Waals surface area contributed by atoms with Crippen molar-refractivity contribution in [2.45, 2.75) is 18.9 Å². The molecule has 1 unspecified atom stereocenters. The van der Waals surface area contributed by atoms with Crippen LogP contribution >= 0.6 is 0 Å². The predicted octanol–water partition coefficient (Wildman–Crippen LogP) is 2.37. The Hall–Kier alpha value is -3.02. The summed E-state index contributed by atoms with van der Waals surface area (Å²) in [5.41, 5.74) is 6.37. The zero-order chi connectivity index (χ0) is 17.8. The van der Waals surface area contributed by atoms with Gasteiger partial charge in [-0.3, -0.25) is 9.59 Å². The Labute approximate surface area is 146 Å². The van der Waals surface area contributed by atoms with Gasteiger partial charge in [-0.1, -0.05) is 12.1 Å². The van der Waals surface area contributed by atoms with E-state index in [0.717, 1.165) is 12.1 Å². The van der Waals surface area contributed by atoms with E-state index in [1.807, 2.05) is 24.3 Å². The number of benzene rings is 2. The minimum absolute atomic E-state index is 0.102. The molecule has 0 spiro atoms. The van der Waals surface area contributed by atoms with Gasteiger partial charge in [0.15, 0.2) is 6.10 Å². The number of hydrogen-bond acceptors (Lipinski definition) is 4. The van der Waals surface area contributed by atoms with Crippen molar-refractivity contribution in [3.8, 4) is 11.5 Å². The molecule has 1 aliphatic rings. The lowest BCUT2D eigenvalue weighted by Gasteiger charge is -2.33. The quantitative estimate of drug-likeness (QED) is 0.906. The van der Waals surface area contributed by atoms with Crippen LogP contribution < -0.4 is 20.1 Å². The SMILES string of the molecule is COc1ccccc1N1CCCC(Oc2ccc(C(N)=O)cc2)C1=O. The lowest BCUT2D eigenvalue weighted by atomic mass is 10.1. The van der Waals surface area contributed by atoms with Crippen LogP contribution in [0, 0.1) is 0 Å². The van der Waals surface area contributed by atoms with E-state index in [9.17, 15) is 9.59 Å². The smallest absolute Gasteiger partial charge is 0.268 e. The summed E-state index contributed by atoms with van der Waals surface area (Å²) in [4.78, 5) is 25.7. The van der Waals surface area contributed by atoms with Crippen LogP contribution in [0.15, 0.2) is 48.5 Å². The fourth-order valence-corrected chi connectivity index (χ4v) is 2.91. The summed E-state index contributed by atoms with van der Waals surface area (Å²) in [7, 11) is 1.58. The van der Waals surface area contributed by atoms with Crippen LogP contribution in [-0.4, -0.2) is 31.6 Å². The van der Waals surface area contributed by atoms with Gasteiger partial charge in [0.05, 0.1) is 12.8 Å². The van der Waals surface area contributed by atoms with Gasteiger partial charge in [0.2, 0.25) is 5.91 Å². The third-order valence-corrected chi connectivity index (χ3v) is 4.18. The molecule has 2 N–H and O–H groups in total. The van der Waals surface area contributed by atoms with E-state index in [1.165, 1.54) is 0 Å². The molecular weight excluding hydrogens is 320 g/mol. The number of para-hydroxylation sites is 2. The minimum Gasteiger partial charge on any atom is -0.495 e. The van der Waals surface area contributed by atoms with Gasteiger partial charge in [0.1, 0.15) is 11.5 Å². The Kier molecular flexibility index (Phi) is 4.88. The highest BCUT2D eigenvalue weighted by Gasteiger charge is 2.32. The van der Waals surface area contributed by atoms with Gasteiger partial charge in [-0.2, -0.15) is 0 Å². The fourth-order valence-electron chi connectivity index (χ4n) is 2.91. The Morgan fingerprint density at radius 3 is 2.56 bits per heavy atom. The van der Waals surface area contributed by atoms with Gasteiger partial charge in [-0.05, 0) is 49.2 Å². The summed E-state index contributed by atoms with van der Waals surface area (Å²) in [6.45, 7) is 0.625. The first-order valence-corrected chi connectivity index (χ1v) is 8.11. The molecule has 1 fully saturated rings. The average Bonchev–Trinajstić information content (AvgIpc) is 2.64. The van der Waals surface area contributed by atoms with Gasteiger partial charge >= 0.3 is 0 Å². The molecule has 0 saturated carbocycles. The van der Waals surface area contributed by atoms with Crippen molar-refractivity contribution in [2.75, 3.05) is 18.6 Å². The van der Waals surface area contributed by atoms with E-state index in [0.29, 0.717) is 30.0 Å². The molecule has 25 heavy (non-hydrogen) atoms. The number of carbonyl (C=O) groups is 2. The van der Waals surface area contributed by atoms with Crippen LogP contribution in [0.3, 0.4) is 0 Å². The second-order valence-corrected chi connectivity index (χ2v) is 5.80. The Balaban J connectivity index is 1.77. The zero-order valence-corrected chi connectivity index (χ0v) is 14.0. The van der Waals surface area contributed by atoms with Crippen LogP contribution in [0.5, 0.6) is 11.5 Å². The third-order valence-electron chi connectivity index (χ3n) is 4.18. The highest BCUT2D eigenvalue weighted by atomic mass is 16.5. The first-order chi connectivity index (χ1) is 12.1. The molecule has 0 aromatic heterocycles. The number of piperidine rings is 1. The highest BCUT2D eigenvalue weighted by molar-refractivity contribution is 5.98. The van der Waals surface area contributed by atoms with E-state index >= 15 is 0 Å². The van der Waals surface area contributed by atoms with E-state index in [2.05, 4.69) is 0 Å². The number of amides is 2. The number of anilines is 1. The Bertz CT molecular complexity index is 773. The third kappa shape index (κ3) is 3.57. The van der Waals surface area contributed by atoms with E-state index in [4.69, 9.17) is 15.2 Å². The Morgan fingerprint density at radius 2 is 1.88 bits per heavy atom. The van der Waals surface area contributed by atoms with Crippen LogP contribution in [0.2, 0.25) is 0 Å². The minimum atomic E-state index is -0.571. The van der Waals surface area contributed by atoms with Crippen molar-refractivity contribution in [1.29, 1.82) is 0 Å². The largest absolute Gasteiger partial charge is 0.495 e. The van der Waals surface area contributed by atoms with Crippen LogP contribution in [-0.2, 0) is 4.79 Å². The maximum atomic E-state index is 12.8. The molecule has 0 aliphatic carbocycles. The van der Waals surface area contributed by atoms with Crippen molar-refractivity contribution in [3.63, 3.8) is 0 Å². The topological polar surface area (TPSA) is 81.9 Å². The number of methoxy groups -OCH3 is 1. The van der Waals surface area contributed by atoms with E-state index in [1.54, 1.807) is 36.3 Å². The average molecular weight is 340 g/mol. The van der Waals surface area contributed by atoms with Crippen molar-refractivity contribution < 1.29 is 19.1 Å². The number of nitrogens with zero attached hydrogens (tertiary/aromatic N) is 1. The van der Waals surface area contributed by atoms with Gasteiger partial charge in [-0.25, -0.2) is 0 Å². The number of nitrogens with two attached hydrogens (primary N) is 1. The molecule has 2 aromatic rings. The van der Waals surface area contributed by atoms with E-state index in [-0.39, 0.29) is 5.91 Å². The normalized spacial score (nSPS) is 17.2. The Morgan fingerprint density at radius 1 is 1.16 bits per heavy atom. The standard InChI is InChI=1S/C19H20N2O4/c1-24-16-6-3-2-5-15(16)21-12-4-7-17(19(21)23)25-14-10-8-13(9-11-14)18(20)22/h2-3,5-6,8-11,17H,4,7,12H2,1H3,(H2,20,22). The van der Waals surface area contributed by atoms with Crippen LogP contribution in [0.1, 0.15) is 23.2 Å². The first kappa shape index (κ1) is 16.8. The summed E-state index contributed by atoms with van der Waals surface area (Å²) in [6, 6.07) is 13.9. The second-order valence-electron chi connectivity index (χ2n) is 5.80. The number of primary amides is 1. The fraction of sp³-hybridized carbons (Fsp3) is 0.263. The number of rotatable bonds is 5. The maximum Gasteiger partial charge on any atom is 0.268 e. The molecule has 0 bridgehead atoms. The molecule has 1 aliphatic heterocycles. The van der Waals surface area contributed by atoms with Crippen molar-refractivity contribution in [1.82, 2.24) is 0 Å². The van der Waals surface area contributed by atoms with Crippen LogP contribution in [0.25, 0.3) is 0 Å². The van der Waals surface area contributed by atoms with Crippen molar-refractivity contribution in [3.05, 3.63) is 54.1 Å². The molecule has 6 heteroatoms. The molecule has 3 rings (SSSR count). The molecule has 2 amide bonds. The molecule has 0 radical (unpaired) electrons. The lowest BCUT2D eigenvalue weighted by Crippen LogP contribution is -2.47. The zero-order valence-electron chi connectivity index (χ0n) is 14.0. The van der Waals surface area contributed by atoms with Gasteiger partial charge in [0, 0.05) is 12.1 Å². The van der Waals surface area contributed by atoms with E-state index < -0.39 is 12.0 Å².